The molecule has 0 aliphatic heterocycles. The van der Waals surface area contributed by atoms with Crippen molar-refractivity contribution in [2.75, 3.05) is 13.6 Å². The topological polar surface area (TPSA) is 49.4 Å². The molecule has 0 heterocycles. The van der Waals surface area contributed by atoms with Crippen molar-refractivity contribution >= 4 is 17.4 Å². The second-order valence-electron chi connectivity index (χ2n) is 8.13. The zero-order valence-electron chi connectivity index (χ0n) is 17.3. The summed E-state index contributed by atoms with van der Waals surface area (Å²) in [7, 11) is 1.85. The molecule has 1 amide bonds. The fourth-order valence-electron chi connectivity index (χ4n) is 2.94. The minimum Gasteiger partial charge on any atom is -0.376 e. The monoisotopic (exact) mass is 358 g/mol. The highest BCUT2D eigenvalue weighted by atomic mass is 16.2. The molecule has 1 N–H and O–H groups in total. The molecule has 0 aliphatic rings. The Bertz CT molecular complexity index is 658. The molecule has 0 spiro atoms. The summed E-state index contributed by atoms with van der Waals surface area (Å²) in [4.78, 5) is 26.0. The first-order valence-electron chi connectivity index (χ1n) is 9.31. The Kier molecular flexibility index (Phi) is 7.61. The number of hydrogen-bond acceptors (Lipinski definition) is 3. The van der Waals surface area contributed by atoms with Crippen LogP contribution in [0.5, 0.6) is 0 Å². The maximum absolute atomic E-state index is 12.4. The van der Waals surface area contributed by atoms with Gasteiger partial charge in [0.15, 0.2) is 5.78 Å². The van der Waals surface area contributed by atoms with Gasteiger partial charge in [-0.25, -0.2) is 0 Å². The van der Waals surface area contributed by atoms with Crippen LogP contribution in [0.25, 0.3) is 5.70 Å². The normalized spacial score (nSPS) is 13.7. The number of likely N-dealkylation sites (N-methyl/N-ethyl adjacent to an activating group) is 1. The summed E-state index contributed by atoms with van der Waals surface area (Å²) in [6.07, 6.45) is 0.507. The van der Waals surface area contributed by atoms with E-state index in [-0.39, 0.29) is 29.1 Å². The molecule has 0 aromatic heterocycles. The molecule has 144 valence electrons. The number of ketones is 1. The van der Waals surface area contributed by atoms with Gasteiger partial charge in [-0.2, -0.15) is 0 Å². The Balaban J connectivity index is 2.84. The molecule has 0 aliphatic carbocycles. The fraction of sp³-hybridized carbons (Fsp3) is 0.545. The third-order valence-corrected chi connectivity index (χ3v) is 4.56. The van der Waals surface area contributed by atoms with E-state index in [2.05, 4.69) is 31.0 Å². The summed E-state index contributed by atoms with van der Waals surface area (Å²) in [5.74, 6) is 0.505. The summed E-state index contributed by atoms with van der Waals surface area (Å²) in [5, 5.41) is 3.18. The van der Waals surface area contributed by atoms with E-state index in [9.17, 15) is 9.59 Å². The number of hydrogen-bond donors (Lipinski definition) is 1. The summed E-state index contributed by atoms with van der Waals surface area (Å²) in [6, 6.07) is 7.88. The number of rotatable bonds is 8. The summed E-state index contributed by atoms with van der Waals surface area (Å²) in [5.41, 5.74) is 2.48. The average molecular weight is 359 g/mol. The van der Waals surface area contributed by atoms with Gasteiger partial charge in [0.05, 0.1) is 6.04 Å². The molecule has 0 saturated heterocycles. The minimum absolute atomic E-state index is 0.137. The van der Waals surface area contributed by atoms with Crippen LogP contribution < -0.4 is 5.32 Å². The van der Waals surface area contributed by atoms with Gasteiger partial charge in [-0.1, -0.05) is 59.4 Å². The highest BCUT2D eigenvalue weighted by molar-refractivity contribution is 5.85. The summed E-state index contributed by atoms with van der Waals surface area (Å²) < 4.78 is 0. The van der Waals surface area contributed by atoms with E-state index in [4.69, 9.17) is 0 Å². The van der Waals surface area contributed by atoms with Crippen LogP contribution in [0.4, 0.5) is 0 Å². The van der Waals surface area contributed by atoms with E-state index >= 15 is 0 Å². The van der Waals surface area contributed by atoms with Gasteiger partial charge in [0, 0.05) is 31.1 Å². The predicted molar refractivity (Wildman–Crippen MR) is 109 cm³/mol. The van der Waals surface area contributed by atoms with Crippen molar-refractivity contribution in [2.45, 2.75) is 59.9 Å². The molecule has 4 nitrogen and oxygen atoms in total. The molecular formula is C22H34N2O2. The zero-order valence-corrected chi connectivity index (χ0v) is 17.3. The molecule has 1 rings (SSSR count). The van der Waals surface area contributed by atoms with E-state index in [1.54, 1.807) is 4.90 Å². The Morgan fingerprint density at radius 3 is 2.38 bits per heavy atom. The summed E-state index contributed by atoms with van der Waals surface area (Å²) in [6.45, 7) is 16.4. The SMILES string of the molecule is C=C(N[C@H](C)C(=O)CC)c1cccc(C(C)CN(C)C(=O)C(C)(C)C)c1. The van der Waals surface area contributed by atoms with Crippen molar-refractivity contribution in [2.24, 2.45) is 5.41 Å². The van der Waals surface area contributed by atoms with Gasteiger partial charge in [0.2, 0.25) is 5.91 Å². The maximum Gasteiger partial charge on any atom is 0.227 e. The second kappa shape index (κ2) is 9.02. The first kappa shape index (κ1) is 21.9. The molecular weight excluding hydrogens is 324 g/mol. The van der Waals surface area contributed by atoms with Crippen LogP contribution in [-0.4, -0.2) is 36.2 Å². The predicted octanol–water partition coefficient (Wildman–Crippen LogP) is 4.22. The lowest BCUT2D eigenvalue weighted by molar-refractivity contribution is -0.138. The van der Waals surface area contributed by atoms with Gasteiger partial charge >= 0.3 is 0 Å². The number of nitrogens with one attached hydrogen (secondary N) is 1. The average Bonchev–Trinajstić information content (AvgIpc) is 2.59. The van der Waals surface area contributed by atoms with Gasteiger partial charge in [-0.15, -0.1) is 0 Å². The number of benzene rings is 1. The van der Waals surface area contributed by atoms with Crippen LogP contribution in [-0.2, 0) is 9.59 Å². The number of carbonyl (C=O) groups is 2. The summed E-state index contributed by atoms with van der Waals surface area (Å²) >= 11 is 0. The standard InChI is InChI=1S/C22H34N2O2/c1-9-20(25)17(4)23-16(3)19-12-10-11-18(13-19)15(2)14-24(8)21(26)22(5,6)7/h10-13,15,17,23H,3,9,14H2,1-2,4-8H3/t15?,17-/m1/s1. The lowest BCUT2D eigenvalue weighted by atomic mass is 9.93. The van der Waals surface area contributed by atoms with E-state index in [0.717, 1.165) is 16.8 Å². The van der Waals surface area contributed by atoms with Crippen molar-refractivity contribution in [1.29, 1.82) is 0 Å². The minimum atomic E-state index is -0.378. The van der Waals surface area contributed by atoms with E-state index in [1.165, 1.54) is 0 Å². The van der Waals surface area contributed by atoms with Crippen LogP contribution in [0.1, 0.15) is 65.0 Å². The van der Waals surface area contributed by atoms with Gasteiger partial charge in [0.1, 0.15) is 0 Å². The van der Waals surface area contributed by atoms with Crippen molar-refractivity contribution in [3.8, 4) is 0 Å². The lowest BCUT2D eigenvalue weighted by Gasteiger charge is -2.28. The van der Waals surface area contributed by atoms with Crippen molar-refractivity contribution in [3.05, 3.63) is 42.0 Å². The van der Waals surface area contributed by atoms with E-state index in [1.807, 2.05) is 53.8 Å². The molecule has 1 unspecified atom stereocenters. The fourth-order valence-corrected chi connectivity index (χ4v) is 2.94. The number of Topliss-reactive ketones (excluding diaryl/α,β-unsaturated/α-hetero) is 1. The largest absolute Gasteiger partial charge is 0.376 e. The molecule has 2 atom stereocenters. The van der Waals surface area contributed by atoms with Crippen LogP contribution in [0.15, 0.2) is 30.8 Å². The molecule has 4 heteroatoms. The Labute approximate surface area is 158 Å². The highest BCUT2D eigenvalue weighted by Gasteiger charge is 2.26. The molecule has 0 bridgehead atoms. The number of carbonyl (C=O) groups excluding carboxylic acids is 2. The van der Waals surface area contributed by atoms with Gasteiger partial charge in [-0.05, 0) is 30.0 Å². The van der Waals surface area contributed by atoms with Crippen LogP contribution in [0, 0.1) is 5.41 Å². The first-order chi connectivity index (χ1) is 12.0. The van der Waals surface area contributed by atoms with Gasteiger partial charge < -0.3 is 10.2 Å². The van der Waals surface area contributed by atoms with Crippen molar-refractivity contribution < 1.29 is 9.59 Å². The van der Waals surface area contributed by atoms with Crippen LogP contribution in [0.2, 0.25) is 0 Å². The molecule has 0 fully saturated rings. The smallest absolute Gasteiger partial charge is 0.227 e. The Hall–Kier alpha value is -2.10. The van der Waals surface area contributed by atoms with Crippen molar-refractivity contribution in [1.82, 2.24) is 10.2 Å². The Morgan fingerprint density at radius 2 is 1.85 bits per heavy atom. The molecule has 1 aromatic carbocycles. The molecule has 1 aromatic rings. The number of nitrogens with zero attached hydrogens (tertiary/aromatic N) is 1. The molecule has 0 radical (unpaired) electrons. The highest BCUT2D eigenvalue weighted by Crippen LogP contribution is 2.23. The van der Waals surface area contributed by atoms with Crippen molar-refractivity contribution in [3.63, 3.8) is 0 Å². The zero-order chi connectivity index (χ0) is 20.1. The molecule has 26 heavy (non-hydrogen) atoms. The maximum atomic E-state index is 12.4. The van der Waals surface area contributed by atoms with Crippen LogP contribution >= 0.6 is 0 Å². The van der Waals surface area contributed by atoms with E-state index in [0.29, 0.717) is 13.0 Å². The molecule has 0 saturated carbocycles. The number of amides is 1. The quantitative estimate of drug-likeness (QED) is 0.757. The van der Waals surface area contributed by atoms with Crippen LogP contribution in [0.3, 0.4) is 0 Å². The third-order valence-electron chi connectivity index (χ3n) is 4.56. The Morgan fingerprint density at radius 1 is 1.23 bits per heavy atom. The first-order valence-corrected chi connectivity index (χ1v) is 9.31. The van der Waals surface area contributed by atoms with Gasteiger partial charge in [0.25, 0.3) is 0 Å². The third kappa shape index (κ3) is 6.01. The lowest BCUT2D eigenvalue weighted by Crippen LogP contribution is -2.38. The van der Waals surface area contributed by atoms with Gasteiger partial charge in [-0.3, -0.25) is 9.59 Å². The van der Waals surface area contributed by atoms with E-state index < -0.39 is 0 Å². The second-order valence-corrected chi connectivity index (χ2v) is 8.13.